The number of ether oxygens (including phenoxy) is 1. The molecule has 2 aliphatic rings. The van der Waals surface area contributed by atoms with Crippen molar-refractivity contribution < 1.29 is 34.4 Å². The van der Waals surface area contributed by atoms with Gasteiger partial charge in [0, 0.05) is 18.9 Å². The first-order valence-corrected chi connectivity index (χ1v) is 11.8. The molecule has 4 rings (SSSR count). The van der Waals surface area contributed by atoms with Crippen molar-refractivity contribution in [1.82, 2.24) is 10.2 Å². The molecule has 2 aromatic rings. The second kappa shape index (κ2) is 10.5. The molecule has 9 heteroatoms. The van der Waals surface area contributed by atoms with E-state index < -0.39 is 36.2 Å². The number of carboxylic acid groups (broad SMARTS) is 1. The molecule has 2 atom stereocenters. The molecule has 0 bridgehead atoms. The number of rotatable bonds is 8. The Kier molecular flexibility index (Phi) is 7.37. The van der Waals surface area contributed by atoms with E-state index in [0.717, 1.165) is 22.3 Å². The average Bonchev–Trinajstić information content (AvgIpc) is 3.18. The van der Waals surface area contributed by atoms with E-state index in [2.05, 4.69) is 5.32 Å². The van der Waals surface area contributed by atoms with Crippen LogP contribution in [0.25, 0.3) is 11.1 Å². The number of β-amino-alcohol motifs (C(OH)–C–C–N with tert-alkyl or cyclic N) is 1. The Bertz CT molecular complexity index is 1060. The number of nitrogens with one attached hydrogen (secondary N) is 1. The second-order valence-electron chi connectivity index (χ2n) is 9.20. The third kappa shape index (κ3) is 5.47. The van der Waals surface area contributed by atoms with Gasteiger partial charge >= 0.3 is 12.1 Å². The summed E-state index contributed by atoms with van der Waals surface area (Å²) in [7, 11) is 0. The predicted molar refractivity (Wildman–Crippen MR) is 127 cm³/mol. The van der Waals surface area contributed by atoms with E-state index in [9.17, 15) is 24.6 Å². The summed E-state index contributed by atoms with van der Waals surface area (Å²) >= 11 is 0. The quantitative estimate of drug-likeness (QED) is 0.452. The lowest BCUT2D eigenvalue weighted by Gasteiger charge is -2.39. The van der Waals surface area contributed by atoms with E-state index in [1.807, 2.05) is 48.5 Å². The van der Waals surface area contributed by atoms with Gasteiger partial charge in [0.2, 0.25) is 5.91 Å². The number of aliphatic hydroxyl groups is 2. The highest BCUT2D eigenvalue weighted by Gasteiger charge is 2.37. The molecular weight excluding hydrogens is 452 g/mol. The van der Waals surface area contributed by atoms with Gasteiger partial charge < -0.3 is 30.3 Å². The lowest BCUT2D eigenvalue weighted by molar-refractivity contribution is -0.143. The molecule has 1 heterocycles. The van der Waals surface area contributed by atoms with Crippen molar-refractivity contribution in [2.24, 2.45) is 0 Å². The van der Waals surface area contributed by atoms with Gasteiger partial charge in [0.1, 0.15) is 18.2 Å². The van der Waals surface area contributed by atoms with Crippen LogP contribution in [0.2, 0.25) is 0 Å². The van der Waals surface area contributed by atoms with Crippen molar-refractivity contribution in [3.63, 3.8) is 0 Å². The van der Waals surface area contributed by atoms with Crippen molar-refractivity contribution in [2.45, 2.75) is 43.2 Å². The SMILES string of the molecule is O=C(O)CCC(NC(=O)OCC1c2ccccc2-c2ccccc21)C(=O)N1CCCC(O)(CO)C1. The van der Waals surface area contributed by atoms with Crippen LogP contribution >= 0.6 is 0 Å². The standard InChI is InChI=1S/C26H30N2O7/c29-16-26(34)12-5-13-28(15-26)24(32)22(10-11-23(30)31)27-25(33)35-14-21-19-8-3-1-6-17(19)18-7-2-4-9-20(18)21/h1-4,6-9,21-22,29,34H,5,10-16H2,(H,27,33)(H,30,31). The molecule has 1 saturated heterocycles. The number of carboxylic acids is 1. The van der Waals surface area contributed by atoms with Crippen LogP contribution in [0.3, 0.4) is 0 Å². The van der Waals surface area contributed by atoms with Crippen molar-refractivity contribution >= 4 is 18.0 Å². The molecule has 9 nitrogen and oxygen atoms in total. The summed E-state index contributed by atoms with van der Waals surface area (Å²) in [6, 6.07) is 14.7. The minimum Gasteiger partial charge on any atom is -0.481 e. The summed E-state index contributed by atoms with van der Waals surface area (Å²) < 4.78 is 5.52. The molecule has 0 spiro atoms. The first kappa shape index (κ1) is 24.7. The van der Waals surface area contributed by atoms with Crippen molar-refractivity contribution in [3.05, 3.63) is 59.7 Å². The monoisotopic (exact) mass is 482 g/mol. The highest BCUT2D eigenvalue weighted by Crippen LogP contribution is 2.44. The number of piperidine rings is 1. The van der Waals surface area contributed by atoms with Crippen LogP contribution in [-0.2, 0) is 14.3 Å². The number of amides is 2. The molecule has 186 valence electrons. The van der Waals surface area contributed by atoms with E-state index in [1.54, 1.807) is 0 Å². The maximum Gasteiger partial charge on any atom is 0.407 e. The third-order valence-corrected chi connectivity index (χ3v) is 6.74. The lowest BCUT2D eigenvalue weighted by Crippen LogP contribution is -2.57. The van der Waals surface area contributed by atoms with Crippen LogP contribution in [0.5, 0.6) is 0 Å². The summed E-state index contributed by atoms with van der Waals surface area (Å²) in [4.78, 5) is 38.3. The minimum absolute atomic E-state index is 0.0632. The summed E-state index contributed by atoms with van der Waals surface area (Å²) in [5, 5.41) is 31.5. The highest BCUT2D eigenvalue weighted by molar-refractivity contribution is 5.86. The first-order chi connectivity index (χ1) is 16.8. The average molecular weight is 483 g/mol. The van der Waals surface area contributed by atoms with Gasteiger partial charge in [-0.25, -0.2) is 4.79 Å². The number of fused-ring (bicyclic) bond motifs is 3. The van der Waals surface area contributed by atoms with Gasteiger partial charge in [0.25, 0.3) is 0 Å². The van der Waals surface area contributed by atoms with Crippen molar-refractivity contribution in [3.8, 4) is 11.1 Å². The van der Waals surface area contributed by atoms with Crippen molar-refractivity contribution in [2.75, 3.05) is 26.3 Å². The van der Waals surface area contributed by atoms with Crippen LogP contribution in [-0.4, -0.2) is 76.1 Å². The largest absolute Gasteiger partial charge is 0.481 e. The summed E-state index contributed by atoms with van der Waals surface area (Å²) in [6.07, 6.45) is -0.415. The normalized spacial score (nSPS) is 20.0. The van der Waals surface area contributed by atoms with Gasteiger partial charge in [-0.1, -0.05) is 48.5 Å². The zero-order valence-electron chi connectivity index (χ0n) is 19.4. The summed E-state index contributed by atoms with van der Waals surface area (Å²) in [6.45, 7) is -0.167. The number of alkyl carbamates (subject to hydrolysis) is 1. The van der Waals surface area contributed by atoms with Crippen LogP contribution in [0, 0.1) is 0 Å². The van der Waals surface area contributed by atoms with Crippen LogP contribution in [0.4, 0.5) is 4.79 Å². The molecule has 4 N–H and O–H groups in total. The number of benzene rings is 2. The lowest BCUT2D eigenvalue weighted by atomic mass is 9.93. The van der Waals surface area contributed by atoms with E-state index in [0.29, 0.717) is 19.4 Å². The Morgan fingerprint density at radius 1 is 1.09 bits per heavy atom. The first-order valence-electron chi connectivity index (χ1n) is 11.8. The number of aliphatic carboxylic acids is 1. The number of likely N-dealkylation sites (tertiary alicyclic amines) is 1. The predicted octanol–water partition coefficient (Wildman–Crippen LogP) is 2.10. The molecule has 0 radical (unpaired) electrons. The molecular formula is C26H30N2O7. The molecule has 1 aliphatic heterocycles. The number of carbonyl (C=O) groups excluding carboxylic acids is 2. The van der Waals surface area contributed by atoms with Crippen molar-refractivity contribution in [1.29, 1.82) is 0 Å². The maximum absolute atomic E-state index is 13.1. The number of carbonyl (C=O) groups is 3. The minimum atomic E-state index is -1.41. The fourth-order valence-corrected chi connectivity index (χ4v) is 4.96. The molecule has 2 unspecified atom stereocenters. The zero-order chi connectivity index (χ0) is 25.0. The van der Waals surface area contributed by atoms with Gasteiger partial charge in [-0.2, -0.15) is 0 Å². The van der Waals surface area contributed by atoms with Gasteiger partial charge in [0.05, 0.1) is 13.2 Å². The summed E-state index contributed by atoms with van der Waals surface area (Å²) in [5.41, 5.74) is 2.88. The van der Waals surface area contributed by atoms with Gasteiger partial charge in [-0.3, -0.25) is 9.59 Å². The van der Waals surface area contributed by atoms with Gasteiger partial charge in [-0.05, 0) is 41.5 Å². The Labute approximate surface area is 203 Å². The molecule has 1 aliphatic carbocycles. The van der Waals surface area contributed by atoms with E-state index in [4.69, 9.17) is 9.84 Å². The van der Waals surface area contributed by atoms with Crippen LogP contribution < -0.4 is 5.32 Å². The van der Waals surface area contributed by atoms with E-state index in [-0.39, 0.29) is 31.9 Å². The Hall–Kier alpha value is -3.43. The molecule has 1 fully saturated rings. The Balaban J connectivity index is 1.43. The number of hydrogen-bond donors (Lipinski definition) is 4. The third-order valence-electron chi connectivity index (χ3n) is 6.74. The van der Waals surface area contributed by atoms with Crippen LogP contribution in [0.1, 0.15) is 42.7 Å². The Morgan fingerprint density at radius 2 is 1.71 bits per heavy atom. The van der Waals surface area contributed by atoms with Gasteiger partial charge in [0.15, 0.2) is 0 Å². The number of hydrogen-bond acceptors (Lipinski definition) is 6. The smallest absolute Gasteiger partial charge is 0.407 e. The highest BCUT2D eigenvalue weighted by atomic mass is 16.5. The maximum atomic E-state index is 13.1. The molecule has 0 saturated carbocycles. The molecule has 35 heavy (non-hydrogen) atoms. The van der Waals surface area contributed by atoms with E-state index >= 15 is 0 Å². The van der Waals surface area contributed by atoms with Gasteiger partial charge in [-0.15, -0.1) is 0 Å². The fraction of sp³-hybridized carbons (Fsp3) is 0.423. The zero-order valence-corrected chi connectivity index (χ0v) is 19.4. The van der Waals surface area contributed by atoms with E-state index in [1.165, 1.54) is 4.90 Å². The number of nitrogens with zero attached hydrogens (tertiary/aromatic N) is 1. The van der Waals surface area contributed by atoms with Crippen LogP contribution in [0.15, 0.2) is 48.5 Å². The second-order valence-corrected chi connectivity index (χ2v) is 9.20. The fourth-order valence-electron chi connectivity index (χ4n) is 4.96. The topological polar surface area (TPSA) is 136 Å². The Morgan fingerprint density at radius 3 is 2.31 bits per heavy atom. The number of aliphatic hydroxyl groups excluding tert-OH is 1. The summed E-state index contributed by atoms with van der Waals surface area (Å²) in [5.74, 6) is -1.75. The molecule has 0 aromatic heterocycles. The molecule has 2 aromatic carbocycles. The molecule has 2 amide bonds.